The van der Waals surface area contributed by atoms with Crippen molar-refractivity contribution < 1.29 is 0 Å². The third kappa shape index (κ3) is 8.60. The van der Waals surface area contributed by atoms with E-state index in [1.54, 1.807) is 0 Å². The van der Waals surface area contributed by atoms with Crippen LogP contribution in [-0.2, 0) is 0 Å². The van der Waals surface area contributed by atoms with Crippen LogP contribution in [0.1, 0.15) is 13.8 Å². The molecule has 0 aromatic heterocycles. The first-order valence-electron chi connectivity index (χ1n) is 5.46. The van der Waals surface area contributed by atoms with E-state index in [9.17, 15) is 0 Å². The van der Waals surface area contributed by atoms with Crippen molar-refractivity contribution in [2.24, 2.45) is 0 Å². The first kappa shape index (κ1) is 14.0. The number of nitrogens with zero attached hydrogens (tertiary/aromatic N) is 1. The summed E-state index contributed by atoms with van der Waals surface area (Å²) < 4.78 is 0. The average Bonchev–Trinajstić information content (AvgIpc) is 2.22. The van der Waals surface area contributed by atoms with Gasteiger partial charge in [-0.15, -0.1) is 6.58 Å². The highest BCUT2D eigenvalue weighted by atomic mass is 32.2. The van der Waals surface area contributed by atoms with Crippen molar-refractivity contribution in [1.29, 1.82) is 0 Å². The molecule has 0 aliphatic carbocycles. The molecule has 2 nitrogen and oxygen atoms in total. The molecule has 0 amide bonds. The lowest BCUT2D eigenvalue weighted by molar-refractivity contribution is 0.303. The lowest BCUT2D eigenvalue weighted by atomic mass is 10.4. The molecule has 0 spiro atoms. The van der Waals surface area contributed by atoms with Crippen LogP contribution in [0.3, 0.4) is 0 Å². The van der Waals surface area contributed by atoms with Gasteiger partial charge in [-0.1, -0.05) is 19.9 Å². The van der Waals surface area contributed by atoms with Crippen LogP contribution in [0.2, 0.25) is 0 Å². The molecular formula is C11H24N2S. The summed E-state index contributed by atoms with van der Waals surface area (Å²) in [7, 11) is 0. The van der Waals surface area contributed by atoms with Gasteiger partial charge in [-0.3, -0.25) is 0 Å². The van der Waals surface area contributed by atoms with Gasteiger partial charge in [0.05, 0.1) is 0 Å². The van der Waals surface area contributed by atoms with E-state index in [1.807, 2.05) is 17.8 Å². The molecule has 1 N–H and O–H groups in total. The lowest BCUT2D eigenvalue weighted by Gasteiger charge is -2.17. The second-order valence-corrected chi connectivity index (χ2v) is 4.29. The molecule has 0 aliphatic rings. The zero-order valence-corrected chi connectivity index (χ0v) is 10.4. The van der Waals surface area contributed by atoms with Crippen molar-refractivity contribution in [1.82, 2.24) is 10.2 Å². The molecule has 0 aromatic rings. The minimum atomic E-state index is 1.07. The molecule has 14 heavy (non-hydrogen) atoms. The van der Waals surface area contributed by atoms with E-state index in [4.69, 9.17) is 0 Å². The molecule has 0 aliphatic heterocycles. The summed E-state index contributed by atoms with van der Waals surface area (Å²) in [5.41, 5.74) is 0. The summed E-state index contributed by atoms with van der Waals surface area (Å²) in [5.74, 6) is 2.25. The molecular weight excluding hydrogens is 192 g/mol. The Morgan fingerprint density at radius 1 is 1.29 bits per heavy atom. The summed E-state index contributed by atoms with van der Waals surface area (Å²) in [6.07, 6.45) is 1.96. The SMILES string of the molecule is C=CCSCCNCCN(CC)CC. The van der Waals surface area contributed by atoms with Crippen molar-refractivity contribution in [3.8, 4) is 0 Å². The Hall–Kier alpha value is 0.01000. The molecule has 84 valence electrons. The largest absolute Gasteiger partial charge is 0.315 e. The van der Waals surface area contributed by atoms with Crippen molar-refractivity contribution in [2.45, 2.75) is 13.8 Å². The van der Waals surface area contributed by atoms with Crippen molar-refractivity contribution >= 4 is 11.8 Å². The van der Waals surface area contributed by atoms with E-state index in [0.29, 0.717) is 0 Å². The summed E-state index contributed by atoms with van der Waals surface area (Å²) in [6, 6.07) is 0. The molecule has 0 heterocycles. The zero-order chi connectivity index (χ0) is 10.6. The number of thioether (sulfide) groups is 1. The average molecular weight is 216 g/mol. The minimum Gasteiger partial charge on any atom is -0.315 e. The molecule has 0 bridgehead atoms. The van der Waals surface area contributed by atoms with Gasteiger partial charge in [0.2, 0.25) is 0 Å². The van der Waals surface area contributed by atoms with Crippen molar-refractivity contribution in [3.05, 3.63) is 12.7 Å². The molecule has 0 radical (unpaired) electrons. The zero-order valence-electron chi connectivity index (χ0n) is 9.59. The van der Waals surface area contributed by atoms with Crippen LogP contribution in [0.4, 0.5) is 0 Å². The van der Waals surface area contributed by atoms with Gasteiger partial charge in [0.15, 0.2) is 0 Å². The third-order valence-corrected chi connectivity index (χ3v) is 3.12. The van der Waals surface area contributed by atoms with Crippen LogP contribution < -0.4 is 5.32 Å². The van der Waals surface area contributed by atoms with Gasteiger partial charge in [0, 0.05) is 31.1 Å². The maximum atomic E-state index is 3.69. The summed E-state index contributed by atoms with van der Waals surface area (Å²) in [6.45, 7) is 13.8. The number of rotatable bonds is 10. The molecule has 0 rings (SSSR count). The number of nitrogens with one attached hydrogen (secondary N) is 1. The number of hydrogen-bond donors (Lipinski definition) is 1. The summed E-state index contributed by atoms with van der Waals surface area (Å²) in [5, 5.41) is 3.45. The van der Waals surface area contributed by atoms with Crippen LogP contribution >= 0.6 is 11.8 Å². The van der Waals surface area contributed by atoms with Crippen molar-refractivity contribution in [3.63, 3.8) is 0 Å². The monoisotopic (exact) mass is 216 g/mol. The Morgan fingerprint density at radius 3 is 2.57 bits per heavy atom. The fourth-order valence-electron chi connectivity index (χ4n) is 1.21. The predicted octanol–water partition coefficient (Wildman–Crippen LogP) is 1.84. The highest BCUT2D eigenvalue weighted by Gasteiger charge is 1.96. The fourth-order valence-corrected chi connectivity index (χ4v) is 1.84. The predicted molar refractivity (Wildman–Crippen MR) is 68.2 cm³/mol. The van der Waals surface area contributed by atoms with E-state index < -0.39 is 0 Å². The summed E-state index contributed by atoms with van der Waals surface area (Å²) in [4.78, 5) is 2.43. The van der Waals surface area contributed by atoms with Gasteiger partial charge in [0.25, 0.3) is 0 Å². The van der Waals surface area contributed by atoms with Crippen LogP contribution in [-0.4, -0.2) is 49.1 Å². The van der Waals surface area contributed by atoms with Crippen molar-refractivity contribution in [2.75, 3.05) is 44.2 Å². The smallest absolute Gasteiger partial charge is 0.0111 e. The third-order valence-electron chi connectivity index (χ3n) is 2.16. The van der Waals surface area contributed by atoms with E-state index in [-0.39, 0.29) is 0 Å². The first-order valence-corrected chi connectivity index (χ1v) is 6.62. The van der Waals surface area contributed by atoms with Crippen LogP contribution in [0.25, 0.3) is 0 Å². The van der Waals surface area contributed by atoms with E-state index >= 15 is 0 Å². The Labute approximate surface area is 93.1 Å². The standard InChI is InChI=1S/C11H24N2S/c1-4-10-14-11-8-12-7-9-13(5-2)6-3/h4,12H,1,5-11H2,2-3H3. The Bertz CT molecular complexity index is 124. The van der Waals surface area contributed by atoms with Gasteiger partial charge >= 0.3 is 0 Å². The molecule has 3 heteroatoms. The molecule has 0 fully saturated rings. The van der Waals surface area contributed by atoms with Crippen LogP contribution in [0.15, 0.2) is 12.7 Å². The normalized spacial score (nSPS) is 10.8. The topological polar surface area (TPSA) is 15.3 Å². The Balaban J connectivity index is 3.08. The molecule has 0 atom stereocenters. The number of likely N-dealkylation sites (N-methyl/N-ethyl adjacent to an activating group) is 1. The Morgan fingerprint density at radius 2 is 2.00 bits per heavy atom. The molecule has 0 saturated carbocycles. The van der Waals surface area contributed by atoms with Gasteiger partial charge in [-0.25, -0.2) is 0 Å². The molecule has 0 aromatic carbocycles. The maximum absolute atomic E-state index is 3.69. The fraction of sp³-hybridized carbons (Fsp3) is 0.818. The maximum Gasteiger partial charge on any atom is 0.0111 e. The van der Waals surface area contributed by atoms with E-state index in [0.717, 1.165) is 31.9 Å². The number of hydrogen-bond acceptors (Lipinski definition) is 3. The quantitative estimate of drug-likeness (QED) is 0.443. The van der Waals surface area contributed by atoms with Gasteiger partial charge in [-0.2, -0.15) is 11.8 Å². The second-order valence-electron chi connectivity index (χ2n) is 3.14. The van der Waals surface area contributed by atoms with E-state index in [1.165, 1.54) is 12.3 Å². The highest BCUT2D eigenvalue weighted by molar-refractivity contribution is 7.99. The van der Waals surface area contributed by atoms with Gasteiger partial charge in [0.1, 0.15) is 0 Å². The minimum absolute atomic E-state index is 1.07. The van der Waals surface area contributed by atoms with Crippen LogP contribution in [0, 0.1) is 0 Å². The van der Waals surface area contributed by atoms with E-state index in [2.05, 4.69) is 30.6 Å². The van der Waals surface area contributed by atoms with Gasteiger partial charge in [-0.05, 0) is 13.1 Å². The van der Waals surface area contributed by atoms with Gasteiger partial charge < -0.3 is 10.2 Å². The first-order chi connectivity index (χ1) is 6.85. The second kappa shape index (κ2) is 11.1. The Kier molecular flexibility index (Phi) is 11.1. The molecule has 0 saturated heterocycles. The molecule has 0 unspecified atom stereocenters. The lowest BCUT2D eigenvalue weighted by Crippen LogP contribution is -2.32. The van der Waals surface area contributed by atoms with Crippen LogP contribution in [0.5, 0.6) is 0 Å². The highest BCUT2D eigenvalue weighted by Crippen LogP contribution is 1.96. The summed E-state index contributed by atoms with van der Waals surface area (Å²) >= 11 is 1.93.